The third kappa shape index (κ3) is 4.09. The monoisotopic (exact) mass is 224 g/mol. The first-order chi connectivity index (χ1) is 7.77. The number of carbonyl (C=O) groups is 1. The Bertz CT molecular complexity index is 252. The minimum atomic E-state index is -0.191. The maximum Gasteiger partial charge on any atom is 0.409 e. The van der Waals surface area contributed by atoms with E-state index in [1.165, 1.54) is 0 Å². The minimum Gasteiger partial charge on any atom is -0.449 e. The van der Waals surface area contributed by atoms with Crippen molar-refractivity contribution in [3.05, 3.63) is 0 Å². The highest BCUT2D eigenvalue weighted by Gasteiger charge is 2.23. The number of unbranched alkanes of at least 4 members (excludes halogenated alkanes) is 1. The van der Waals surface area contributed by atoms with Crippen molar-refractivity contribution in [1.29, 1.82) is 5.26 Å². The van der Waals surface area contributed by atoms with E-state index in [0.29, 0.717) is 18.9 Å². The molecule has 0 aliphatic carbocycles. The summed E-state index contributed by atoms with van der Waals surface area (Å²) >= 11 is 0. The lowest BCUT2D eigenvalue weighted by atomic mass is 9.94. The van der Waals surface area contributed by atoms with Crippen molar-refractivity contribution in [2.45, 2.75) is 39.0 Å². The lowest BCUT2D eigenvalue weighted by Crippen LogP contribution is -2.38. The molecule has 0 bridgehead atoms. The first-order valence-electron chi connectivity index (χ1n) is 6.06. The van der Waals surface area contributed by atoms with Crippen LogP contribution in [0.3, 0.4) is 0 Å². The Kier molecular flexibility index (Phi) is 5.69. The van der Waals surface area contributed by atoms with Gasteiger partial charge < -0.3 is 9.64 Å². The van der Waals surface area contributed by atoms with Crippen LogP contribution in [0.1, 0.15) is 39.0 Å². The third-order valence-electron chi connectivity index (χ3n) is 2.98. The van der Waals surface area contributed by atoms with Crippen LogP contribution >= 0.6 is 0 Å². The smallest absolute Gasteiger partial charge is 0.409 e. The quantitative estimate of drug-likeness (QED) is 0.689. The van der Waals surface area contributed by atoms with Crippen LogP contribution in [0.4, 0.5) is 4.79 Å². The van der Waals surface area contributed by atoms with Gasteiger partial charge in [-0.05, 0) is 25.2 Å². The fourth-order valence-electron chi connectivity index (χ4n) is 1.84. The predicted octanol–water partition coefficient (Wildman–Crippen LogP) is 2.55. The van der Waals surface area contributed by atoms with Gasteiger partial charge in [0.15, 0.2) is 0 Å². The molecule has 1 amide bonds. The molecule has 1 rings (SSSR count). The molecule has 90 valence electrons. The van der Waals surface area contributed by atoms with Crippen molar-refractivity contribution < 1.29 is 9.53 Å². The molecule has 0 saturated carbocycles. The van der Waals surface area contributed by atoms with E-state index in [2.05, 4.69) is 13.0 Å². The van der Waals surface area contributed by atoms with Gasteiger partial charge in [-0.15, -0.1) is 0 Å². The third-order valence-corrected chi connectivity index (χ3v) is 2.98. The summed E-state index contributed by atoms with van der Waals surface area (Å²) in [5.41, 5.74) is 0. The highest BCUT2D eigenvalue weighted by molar-refractivity contribution is 5.67. The predicted molar refractivity (Wildman–Crippen MR) is 60.8 cm³/mol. The zero-order chi connectivity index (χ0) is 11.8. The molecule has 1 saturated heterocycles. The summed E-state index contributed by atoms with van der Waals surface area (Å²) in [5.74, 6) is 0.463. The average Bonchev–Trinajstić information content (AvgIpc) is 2.30. The lowest BCUT2D eigenvalue weighted by molar-refractivity contribution is 0.0870. The highest BCUT2D eigenvalue weighted by atomic mass is 16.6. The van der Waals surface area contributed by atoms with Crippen LogP contribution < -0.4 is 0 Å². The number of piperidine rings is 1. The van der Waals surface area contributed by atoms with E-state index in [9.17, 15) is 4.79 Å². The van der Waals surface area contributed by atoms with Gasteiger partial charge in [0.1, 0.15) is 0 Å². The van der Waals surface area contributed by atoms with Gasteiger partial charge in [0.05, 0.1) is 12.7 Å². The Hall–Kier alpha value is -1.24. The van der Waals surface area contributed by atoms with Crippen LogP contribution in [0.2, 0.25) is 0 Å². The second kappa shape index (κ2) is 7.10. The van der Waals surface area contributed by atoms with Crippen molar-refractivity contribution in [2.75, 3.05) is 19.7 Å². The molecule has 0 spiro atoms. The molecule has 0 aromatic carbocycles. The summed E-state index contributed by atoms with van der Waals surface area (Å²) in [7, 11) is 0. The largest absolute Gasteiger partial charge is 0.449 e. The molecule has 4 nitrogen and oxygen atoms in total. The summed E-state index contributed by atoms with van der Waals surface area (Å²) < 4.78 is 5.14. The van der Waals surface area contributed by atoms with E-state index in [4.69, 9.17) is 10.00 Å². The van der Waals surface area contributed by atoms with Gasteiger partial charge in [0.2, 0.25) is 0 Å². The molecule has 0 radical (unpaired) electrons. The summed E-state index contributed by atoms with van der Waals surface area (Å²) in [6, 6.07) is 2.19. The van der Waals surface area contributed by atoms with Gasteiger partial charge in [-0.1, -0.05) is 13.3 Å². The molecule has 1 fully saturated rings. The summed E-state index contributed by atoms with van der Waals surface area (Å²) in [4.78, 5) is 13.3. The maximum absolute atomic E-state index is 11.6. The standard InChI is InChI=1S/C12H20N2O2/c1-2-3-10-16-12(15)14-8-5-11(4-7-13)6-9-14/h11H,2-6,8-10H2,1H3. The van der Waals surface area contributed by atoms with E-state index in [1.807, 2.05) is 0 Å². The molecule has 0 aromatic heterocycles. The maximum atomic E-state index is 11.6. The van der Waals surface area contributed by atoms with Gasteiger partial charge in [-0.3, -0.25) is 0 Å². The molecule has 4 heteroatoms. The molecule has 0 unspecified atom stereocenters. The number of nitrogens with zero attached hydrogens (tertiary/aromatic N) is 2. The average molecular weight is 224 g/mol. The van der Waals surface area contributed by atoms with Crippen LogP contribution in [-0.2, 0) is 4.74 Å². The van der Waals surface area contributed by atoms with Crippen LogP contribution in [0, 0.1) is 17.2 Å². The van der Waals surface area contributed by atoms with E-state index in [0.717, 1.165) is 38.8 Å². The molecule has 0 atom stereocenters. The molecule has 1 aliphatic rings. The molecular weight excluding hydrogens is 204 g/mol. The number of hydrogen-bond donors (Lipinski definition) is 0. The topological polar surface area (TPSA) is 53.3 Å². The molecular formula is C12H20N2O2. The second-order valence-corrected chi connectivity index (χ2v) is 4.26. The first-order valence-corrected chi connectivity index (χ1v) is 6.06. The normalized spacial score (nSPS) is 16.9. The molecule has 1 aliphatic heterocycles. The molecule has 0 aromatic rings. The Morgan fingerprint density at radius 1 is 1.50 bits per heavy atom. The van der Waals surface area contributed by atoms with Gasteiger partial charge in [0.25, 0.3) is 0 Å². The molecule has 16 heavy (non-hydrogen) atoms. The van der Waals surface area contributed by atoms with Crippen molar-refractivity contribution in [2.24, 2.45) is 5.92 Å². The van der Waals surface area contributed by atoms with E-state index in [-0.39, 0.29) is 6.09 Å². The number of hydrogen-bond acceptors (Lipinski definition) is 3. The fraction of sp³-hybridized carbons (Fsp3) is 0.833. The Morgan fingerprint density at radius 2 is 2.19 bits per heavy atom. The van der Waals surface area contributed by atoms with Crippen LogP contribution in [0.25, 0.3) is 0 Å². The second-order valence-electron chi connectivity index (χ2n) is 4.26. The van der Waals surface area contributed by atoms with Gasteiger partial charge in [0, 0.05) is 19.5 Å². The van der Waals surface area contributed by atoms with Crippen LogP contribution in [-0.4, -0.2) is 30.7 Å². The lowest BCUT2D eigenvalue weighted by Gasteiger charge is -2.30. The van der Waals surface area contributed by atoms with E-state index >= 15 is 0 Å². The number of likely N-dealkylation sites (tertiary alicyclic amines) is 1. The highest BCUT2D eigenvalue weighted by Crippen LogP contribution is 2.20. The number of rotatable bonds is 4. The van der Waals surface area contributed by atoms with Crippen LogP contribution in [0.5, 0.6) is 0 Å². The zero-order valence-corrected chi connectivity index (χ0v) is 9.95. The Labute approximate surface area is 97.2 Å². The number of carbonyl (C=O) groups excluding carboxylic acids is 1. The Morgan fingerprint density at radius 3 is 2.75 bits per heavy atom. The van der Waals surface area contributed by atoms with Gasteiger partial charge in [-0.2, -0.15) is 5.26 Å². The van der Waals surface area contributed by atoms with E-state index in [1.54, 1.807) is 4.90 Å². The first kappa shape index (κ1) is 12.8. The van der Waals surface area contributed by atoms with E-state index < -0.39 is 0 Å². The number of ether oxygens (including phenoxy) is 1. The van der Waals surface area contributed by atoms with Gasteiger partial charge >= 0.3 is 6.09 Å². The van der Waals surface area contributed by atoms with Crippen molar-refractivity contribution in [3.8, 4) is 6.07 Å². The van der Waals surface area contributed by atoms with Crippen LogP contribution in [0.15, 0.2) is 0 Å². The van der Waals surface area contributed by atoms with Crippen molar-refractivity contribution in [3.63, 3.8) is 0 Å². The summed E-state index contributed by atoms with van der Waals surface area (Å²) in [6.45, 7) is 4.06. The van der Waals surface area contributed by atoms with Crippen molar-refractivity contribution >= 4 is 6.09 Å². The Balaban J connectivity index is 2.20. The number of amides is 1. The minimum absolute atomic E-state index is 0.191. The summed E-state index contributed by atoms with van der Waals surface area (Å²) in [6.07, 6.45) is 4.24. The summed E-state index contributed by atoms with van der Waals surface area (Å²) in [5, 5.41) is 8.58. The van der Waals surface area contributed by atoms with Crippen molar-refractivity contribution in [1.82, 2.24) is 4.90 Å². The van der Waals surface area contributed by atoms with Gasteiger partial charge in [-0.25, -0.2) is 4.79 Å². The molecule has 1 heterocycles. The SMILES string of the molecule is CCCCOC(=O)N1CCC(CC#N)CC1. The fourth-order valence-corrected chi connectivity index (χ4v) is 1.84. The number of nitriles is 1. The zero-order valence-electron chi connectivity index (χ0n) is 9.95. The molecule has 0 N–H and O–H groups in total.